The Kier molecular flexibility index (Phi) is 4.24. The number of benzene rings is 1. The molecule has 0 unspecified atom stereocenters. The number of para-hydroxylation sites is 1. The van der Waals surface area contributed by atoms with E-state index in [4.69, 9.17) is 0 Å². The zero-order chi connectivity index (χ0) is 17.1. The molecule has 0 spiro atoms. The molecule has 2 heterocycles. The monoisotopic (exact) mass is 323 g/mol. The third-order valence-electron chi connectivity index (χ3n) is 3.46. The summed E-state index contributed by atoms with van der Waals surface area (Å²) in [5.74, 6) is -0.421. The van der Waals surface area contributed by atoms with Crippen LogP contribution in [0.4, 0.5) is 5.95 Å². The molecule has 0 amide bonds. The molecule has 3 aromatic rings. The molecule has 7 nitrogen and oxygen atoms in total. The van der Waals surface area contributed by atoms with Crippen LogP contribution in [-0.2, 0) is 6.54 Å². The van der Waals surface area contributed by atoms with Crippen LogP contribution in [0.2, 0.25) is 0 Å². The van der Waals surface area contributed by atoms with E-state index in [2.05, 4.69) is 20.3 Å². The van der Waals surface area contributed by atoms with E-state index >= 15 is 0 Å². The average molecular weight is 323 g/mol. The first-order chi connectivity index (χ1) is 11.5. The topological polar surface area (TPSA) is 92.9 Å². The van der Waals surface area contributed by atoms with Gasteiger partial charge >= 0.3 is 5.97 Å². The van der Waals surface area contributed by atoms with Crippen LogP contribution in [0.3, 0.4) is 0 Å². The van der Waals surface area contributed by atoms with Crippen LogP contribution in [-0.4, -0.2) is 30.6 Å². The Hall–Kier alpha value is -3.22. The first-order valence-corrected chi connectivity index (χ1v) is 7.44. The Balaban J connectivity index is 1.78. The van der Waals surface area contributed by atoms with E-state index in [0.29, 0.717) is 18.2 Å². The fourth-order valence-electron chi connectivity index (χ4n) is 2.44. The van der Waals surface area contributed by atoms with Crippen molar-refractivity contribution >= 4 is 11.9 Å². The molecular weight excluding hydrogens is 306 g/mol. The van der Waals surface area contributed by atoms with Crippen molar-refractivity contribution in [2.75, 3.05) is 5.32 Å². The van der Waals surface area contributed by atoms with Crippen LogP contribution in [0.1, 0.15) is 27.4 Å². The van der Waals surface area contributed by atoms with E-state index in [1.807, 2.05) is 19.9 Å². The van der Waals surface area contributed by atoms with Crippen molar-refractivity contribution < 1.29 is 9.90 Å². The molecule has 0 saturated heterocycles. The molecule has 7 heteroatoms. The van der Waals surface area contributed by atoms with Gasteiger partial charge in [0.05, 0.1) is 29.8 Å². The summed E-state index contributed by atoms with van der Waals surface area (Å²) < 4.78 is 1.70. The van der Waals surface area contributed by atoms with Gasteiger partial charge in [-0.15, -0.1) is 0 Å². The lowest BCUT2D eigenvalue weighted by molar-refractivity contribution is 0.0697. The summed E-state index contributed by atoms with van der Waals surface area (Å²) in [5, 5.41) is 12.4. The first-order valence-electron chi connectivity index (χ1n) is 7.44. The van der Waals surface area contributed by atoms with E-state index in [1.54, 1.807) is 41.4 Å². The van der Waals surface area contributed by atoms with Crippen LogP contribution in [0.15, 0.2) is 42.9 Å². The molecule has 3 rings (SSSR count). The first kappa shape index (κ1) is 15.7. The normalized spacial score (nSPS) is 10.6. The minimum atomic E-state index is -0.970. The zero-order valence-electron chi connectivity index (χ0n) is 13.4. The highest BCUT2D eigenvalue weighted by Gasteiger charge is 2.11. The standard InChI is InChI=1S/C17H17N5O2/c1-11-7-12(2)21-17(20-11)18-8-13-9-22(10-19-13)15-6-4-3-5-14(15)16(23)24/h3-7,9-10H,8H2,1-2H3,(H,23,24)(H,18,20,21). The number of imidazole rings is 1. The number of hydrogen-bond acceptors (Lipinski definition) is 5. The van der Waals surface area contributed by atoms with Gasteiger partial charge in [0.15, 0.2) is 0 Å². The molecule has 1 aromatic carbocycles. The van der Waals surface area contributed by atoms with Crippen LogP contribution in [0.5, 0.6) is 0 Å². The van der Waals surface area contributed by atoms with E-state index in [-0.39, 0.29) is 5.56 Å². The SMILES string of the molecule is Cc1cc(C)nc(NCc2cn(-c3ccccc3C(=O)O)cn2)n1. The Morgan fingerprint density at radius 3 is 2.62 bits per heavy atom. The smallest absolute Gasteiger partial charge is 0.337 e. The van der Waals surface area contributed by atoms with Gasteiger partial charge < -0.3 is 15.0 Å². The second kappa shape index (κ2) is 6.49. The number of aryl methyl sites for hydroxylation is 2. The lowest BCUT2D eigenvalue weighted by Crippen LogP contribution is -2.06. The fraction of sp³-hybridized carbons (Fsp3) is 0.176. The number of nitrogens with one attached hydrogen (secondary N) is 1. The zero-order valence-corrected chi connectivity index (χ0v) is 13.4. The summed E-state index contributed by atoms with van der Waals surface area (Å²) in [4.78, 5) is 24.3. The molecule has 122 valence electrons. The molecule has 0 fully saturated rings. The minimum Gasteiger partial charge on any atom is -0.478 e. The molecule has 0 aliphatic heterocycles. The number of carboxylic acid groups (broad SMARTS) is 1. The maximum atomic E-state index is 11.3. The van der Waals surface area contributed by atoms with Gasteiger partial charge in [0, 0.05) is 17.6 Å². The Morgan fingerprint density at radius 2 is 1.92 bits per heavy atom. The van der Waals surface area contributed by atoms with Crippen molar-refractivity contribution in [2.45, 2.75) is 20.4 Å². The third kappa shape index (κ3) is 3.40. The molecule has 2 N–H and O–H groups in total. The van der Waals surface area contributed by atoms with Crippen molar-refractivity contribution in [3.63, 3.8) is 0 Å². The quantitative estimate of drug-likeness (QED) is 0.749. The third-order valence-corrected chi connectivity index (χ3v) is 3.46. The predicted octanol–water partition coefficient (Wildman–Crippen LogP) is 2.59. The van der Waals surface area contributed by atoms with Crippen LogP contribution >= 0.6 is 0 Å². The molecule has 0 aliphatic carbocycles. The molecule has 0 bridgehead atoms. The maximum Gasteiger partial charge on any atom is 0.337 e. The number of carboxylic acids is 1. The largest absolute Gasteiger partial charge is 0.478 e. The van der Waals surface area contributed by atoms with Crippen molar-refractivity contribution in [3.05, 3.63) is 65.5 Å². The molecule has 2 aromatic heterocycles. The minimum absolute atomic E-state index is 0.229. The van der Waals surface area contributed by atoms with E-state index < -0.39 is 5.97 Å². The summed E-state index contributed by atoms with van der Waals surface area (Å²) in [6, 6.07) is 8.71. The average Bonchev–Trinajstić information content (AvgIpc) is 3.01. The number of carbonyl (C=O) groups is 1. The van der Waals surface area contributed by atoms with Gasteiger partial charge in [-0.1, -0.05) is 12.1 Å². The summed E-state index contributed by atoms with van der Waals surface area (Å²) >= 11 is 0. The van der Waals surface area contributed by atoms with Crippen molar-refractivity contribution in [1.29, 1.82) is 0 Å². The number of nitrogens with zero attached hydrogens (tertiary/aromatic N) is 4. The summed E-state index contributed by atoms with van der Waals surface area (Å²) in [6.07, 6.45) is 3.39. The van der Waals surface area contributed by atoms with Crippen LogP contribution in [0.25, 0.3) is 5.69 Å². The van der Waals surface area contributed by atoms with Gasteiger partial charge in [0.2, 0.25) is 5.95 Å². The molecule has 0 saturated carbocycles. The lowest BCUT2D eigenvalue weighted by atomic mass is 10.2. The second-order valence-corrected chi connectivity index (χ2v) is 5.42. The predicted molar refractivity (Wildman–Crippen MR) is 89.4 cm³/mol. The van der Waals surface area contributed by atoms with Crippen LogP contribution in [0, 0.1) is 13.8 Å². The highest BCUT2D eigenvalue weighted by atomic mass is 16.4. The van der Waals surface area contributed by atoms with Gasteiger partial charge in [-0.05, 0) is 32.0 Å². The molecule has 0 radical (unpaired) electrons. The Labute approximate surface area is 139 Å². The van der Waals surface area contributed by atoms with Crippen molar-refractivity contribution in [3.8, 4) is 5.69 Å². The summed E-state index contributed by atoms with van der Waals surface area (Å²) in [6.45, 7) is 4.28. The Morgan fingerprint density at radius 1 is 1.21 bits per heavy atom. The molecule has 24 heavy (non-hydrogen) atoms. The van der Waals surface area contributed by atoms with Gasteiger partial charge in [0.25, 0.3) is 0 Å². The number of aromatic carboxylic acids is 1. The number of aromatic nitrogens is 4. The van der Waals surface area contributed by atoms with E-state index in [9.17, 15) is 9.90 Å². The number of rotatable bonds is 5. The van der Waals surface area contributed by atoms with E-state index in [1.165, 1.54) is 0 Å². The molecule has 0 aliphatic rings. The van der Waals surface area contributed by atoms with Crippen molar-refractivity contribution in [2.24, 2.45) is 0 Å². The van der Waals surface area contributed by atoms with Gasteiger partial charge in [-0.3, -0.25) is 0 Å². The van der Waals surface area contributed by atoms with Gasteiger partial charge in [-0.2, -0.15) is 0 Å². The van der Waals surface area contributed by atoms with Gasteiger partial charge in [0.1, 0.15) is 0 Å². The van der Waals surface area contributed by atoms with E-state index in [0.717, 1.165) is 17.1 Å². The highest BCUT2D eigenvalue weighted by molar-refractivity contribution is 5.91. The lowest BCUT2D eigenvalue weighted by Gasteiger charge is -2.06. The molecular formula is C17H17N5O2. The number of anilines is 1. The fourth-order valence-corrected chi connectivity index (χ4v) is 2.44. The molecule has 0 atom stereocenters. The van der Waals surface area contributed by atoms with Crippen LogP contribution < -0.4 is 5.32 Å². The summed E-state index contributed by atoms with van der Waals surface area (Å²) in [7, 11) is 0. The maximum absolute atomic E-state index is 11.3. The summed E-state index contributed by atoms with van der Waals surface area (Å²) in [5.41, 5.74) is 3.35. The number of hydrogen-bond donors (Lipinski definition) is 2. The highest BCUT2D eigenvalue weighted by Crippen LogP contribution is 2.15. The second-order valence-electron chi connectivity index (χ2n) is 5.42. The van der Waals surface area contributed by atoms with Gasteiger partial charge in [-0.25, -0.2) is 19.7 Å². The van der Waals surface area contributed by atoms with Crippen molar-refractivity contribution in [1.82, 2.24) is 19.5 Å². The Bertz CT molecular complexity index is 868.